The van der Waals surface area contributed by atoms with E-state index in [1.807, 2.05) is 0 Å². The molecule has 0 aliphatic heterocycles. The molecule has 0 radical (unpaired) electrons. The largest absolute Gasteiger partial charge is 0.496 e. The normalized spacial score (nSPS) is 10.3. The molecular weight excluding hydrogens is 297 g/mol. The highest BCUT2D eigenvalue weighted by Gasteiger charge is 2.19. The zero-order chi connectivity index (χ0) is 15.6. The van der Waals surface area contributed by atoms with Crippen molar-refractivity contribution in [1.29, 1.82) is 0 Å². The summed E-state index contributed by atoms with van der Waals surface area (Å²) < 4.78 is 29.5. The number of anilines is 1. The lowest BCUT2D eigenvalue weighted by Crippen LogP contribution is -1.99. The molecule has 0 spiro atoms. The maximum atomic E-state index is 13.7. The van der Waals surface area contributed by atoms with E-state index in [0.717, 1.165) is 6.07 Å². The van der Waals surface area contributed by atoms with Gasteiger partial charge in [-0.3, -0.25) is 0 Å². The summed E-state index contributed by atoms with van der Waals surface area (Å²) >= 11 is 5.95. The van der Waals surface area contributed by atoms with E-state index in [2.05, 4.69) is 0 Å². The van der Waals surface area contributed by atoms with Crippen molar-refractivity contribution in [2.45, 2.75) is 0 Å². The van der Waals surface area contributed by atoms with Gasteiger partial charge in [-0.1, -0.05) is 11.6 Å². The van der Waals surface area contributed by atoms with Crippen molar-refractivity contribution in [2.24, 2.45) is 0 Å². The predicted octanol–water partition coefficient (Wildman–Crippen LogP) is 3.75. The molecule has 0 aliphatic carbocycles. The van der Waals surface area contributed by atoms with E-state index in [1.165, 1.54) is 27.4 Å². The Balaban J connectivity index is 2.79. The van der Waals surface area contributed by atoms with Crippen molar-refractivity contribution < 1.29 is 18.6 Å². The van der Waals surface area contributed by atoms with Crippen LogP contribution in [0.4, 0.5) is 10.1 Å². The van der Waals surface area contributed by atoms with Crippen LogP contribution in [0.1, 0.15) is 0 Å². The molecule has 0 fully saturated rings. The topological polar surface area (TPSA) is 53.7 Å². The first-order chi connectivity index (χ1) is 10.0. The minimum absolute atomic E-state index is 0.130. The molecule has 2 aromatic rings. The monoisotopic (exact) mass is 311 g/mol. The fourth-order valence-corrected chi connectivity index (χ4v) is 2.27. The lowest BCUT2D eigenvalue weighted by atomic mass is 10.0. The van der Waals surface area contributed by atoms with E-state index in [4.69, 9.17) is 31.5 Å². The van der Waals surface area contributed by atoms with Crippen LogP contribution in [0, 0.1) is 5.82 Å². The second-order valence-electron chi connectivity index (χ2n) is 4.26. The SMILES string of the molecule is COc1cc(OC)c(-c2cc(F)cc(Cl)c2N)c(OC)c1. The number of nitrogens with two attached hydrogens (primary N) is 1. The van der Waals surface area contributed by atoms with Gasteiger partial charge in [-0.25, -0.2) is 4.39 Å². The number of benzene rings is 2. The van der Waals surface area contributed by atoms with Crippen LogP contribution >= 0.6 is 11.6 Å². The number of halogens is 2. The number of methoxy groups -OCH3 is 3. The van der Waals surface area contributed by atoms with Gasteiger partial charge >= 0.3 is 0 Å². The second kappa shape index (κ2) is 6.10. The summed E-state index contributed by atoms with van der Waals surface area (Å²) in [4.78, 5) is 0. The van der Waals surface area contributed by atoms with Gasteiger partial charge in [-0.15, -0.1) is 0 Å². The molecule has 0 saturated carbocycles. The third kappa shape index (κ3) is 2.83. The van der Waals surface area contributed by atoms with Gasteiger partial charge < -0.3 is 19.9 Å². The first kappa shape index (κ1) is 15.3. The molecule has 6 heteroatoms. The summed E-state index contributed by atoms with van der Waals surface area (Å²) in [7, 11) is 4.52. The molecule has 0 aromatic heterocycles. The predicted molar refractivity (Wildman–Crippen MR) is 80.9 cm³/mol. The van der Waals surface area contributed by atoms with Crippen molar-refractivity contribution in [3.05, 3.63) is 35.1 Å². The van der Waals surface area contributed by atoms with Gasteiger partial charge in [0.25, 0.3) is 0 Å². The van der Waals surface area contributed by atoms with Crippen LogP contribution < -0.4 is 19.9 Å². The van der Waals surface area contributed by atoms with E-state index in [9.17, 15) is 4.39 Å². The van der Waals surface area contributed by atoms with E-state index in [1.54, 1.807) is 12.1 Å². The van der Waals surface area contributed by atoms with E-state index in [-0.39, 0.29) is 10.7 Å². The molecule has 2 N–H and O–H groups in total. The Bertz CT molecular complexity index is 651. The third-order valence-electron chi connectivity index (χ3n) is 3.08. The Labute approximate surface area is 127 Å². The maximum Gasteiger partial charge on any atom is 0.134 e. The van der Waals surface area contributed by atoms with Crippen LogP contribution in [0.2, 0.25) is 5.02 Å². The van der Waals surface area contributed by atoms with Crippen LogP contribution in [-0.4, -0.2) is 21.3 Å². The summed E-state index contributed by atoms with van der Waals surface area (Å²) in [5.74, 6) is 0.941. The van der Waals surface area contributed by atoms with E-state index in [0.29, 0.717) is 28.4 Å². The molecule has 0 saturated heterocycles. The zero-order valence-corrected chi connectivity index (χ0v) is 12.6. The van der Waals surface area contributed by atoms with Crippen LogP contribution in [-0.2, 0) is 0 Å². The standard InChI is InChI=1S/C15H15ClFNO3/c1-19-9-6-12(20-2)14(13(7-9)21-3)10-4-8(17)5-11(16)15(10)18/h4-7H,18H2,1-3H3. The lowest BCUT2D eigenvalue weighted by molar-refractivity contribution is 0.377. The smallest absolute Gasteiger partial charge is 0.134 e. The fraction of sp³-hybridized carbons (Fsp3) is 0.200. The van der Waals surface area contributed by atoms with Gasteiger partial charge in [0.05, 0.1) is 37.6 Å². The summed E-state index contributed by atoms with van der Waals surface area (Å²) in [6.45, 7) is 0. The van der Waals surface area contributed by atoms with Crippen LogP contribution in [0.5, 0.6) is 17.2 Å². The number of ether oxygens (including phenoxy) is 3. The maximum absolute atomic E-state index is 13.7. The molecule has 4 nitrogen and oxygen atoms in total. The molecule has 2 rings (SSSR count). The molecule has 0 amide bonds. The Morgan fingerprint density at radius 1 is 0.952 bits per heavy atom. The number of rotatable bonds is 4. The van der Waals surface area contributed by atoms with Crippen LogP contribution in [0.25, 0.3) is 11.1 Å². The van der Waals surface area contributed by atoms with Crippen molar-refractivity contribution in [3.8, 4) is 28.4 Å². The van der Waals surface area contributed by atoms with E-state index < -0.39 is 5.82 Å². The molecule has 0 heterocycles. The Morgan fingerprint density at radius 3 is 2.00 bits per heavy atom. The van der Waals surface area contributed by atoms with Crippen LogP contribution in [0.3, 0.4) is 0 Å². The molecular formula is C15H15ClFNO3. The molecule has 0 unspecified atom stereocenters. The minimum Gasteiger partial charge on any atom is -0.496 e. The zero-order valence-electron chi connectivity index (χ0n) is 11.9. The van der Waals surface area contributed by atoms with Crippen molar-refractivity contribution in [1.82, 2.24) is 0 Å². The molecule has 0 bridgehead atoms. The Morgan fingerprint density at radius 2 is 1.52 bits per heavy atom. The average Bonchev–Trinajstić information content (AvgIpc) is 2.49. The Kier molecular flexibility index (Phi) is 4.43. The molecule has 112 valence electrons. The summed E-state index contributed by atoms with van der Waals surface area (Å²) in [5.41, 5.74) is 7.12. The summed E-state index contributed by atoms with van der Waals surface area (Å²) in [6, 6.07) is 5.77. The molecule has 0 atom stereocenters. The van der Waals surface area contributed by atoms with Gasteiger partial charge in [0.1, 0.15) is 23.1 Å². The third-order valence-corrected chi connectivity index (χ3v) is 3.39. The Hall–Kier alpha value is -2.14. The second-order valence-corrected chi connectivity index (χ2v) is 4.66. The lowest BCUT2D eigenvalue weighted by Gasteiger charge is -2.17. The van der Waals surface area contributed by atoms with E-state index >= 15 is 0 Å². The van der Waals surface area contributed by atoms with Gasteiger partial charge in [0.2, 0.25) is 0 Å². The molecule has 21 heavy (non-hydrogen) atoms. The first-order valence-electron chi connectivity index (χ1n) is 6.06. The highest BCUT2D eigenvalue weighted by molar-refractivity contribution is 6.33. The van der Waals surface area contributed by atoms with Crippen LogP contribution in [0.15, 0.2) is 24.3 Å². The highest BCUT2D eigenvalue weighted by Crippen LogP contribution is 2.45. The van der Waals surface area contributed by atoms with Gasteiger partial charge in [0.15, 0.2) is 0 Å². The summed E-state index contributed by atoms with van der Waals surface area (Å²) in [5, 5.41) is 0.130. The fourth-order valence-electron chi connectivity index (χ4n) is 2.06. The average molecular weight is 312 g/mol. The van der Waals surface area contributed by atoms with Gasteiger partial charge in [-0.2, -0.15) is 0 Å². The van der Waals surface area contributed by atoms with Gasteiger partial charge in [0, 0.05) is 17.7 Å². The quantitative estimate of drug-likeness (QED) is 0.874. The van der Waals surface area contributed by atoms with Gasteiger partial charge in [-0.05, 0) is 12.1 Å². The number of hydrogen-bond donors (Lipinski definition) is 1. The van der Waals surface area contributed by atoms with Crippen molar-refractivity contribution in [2.75, 3.05) is 27.1 Å². The number of hydrogen-bond acceptors (Lipinski definition) is 4. The molecule has 2 aromatic carbocycles. The highest BCUT2D eigenvalue weighted by atomic mass is 35.5. The molecule has 0 aliphatic rings. The number of nitrogen functional groups attached to an aromatic ring is 1. The van der Waals surface area contributed by atoms with Crippen molar-refractivity contribution in [3.63, 3.8) is 0 Å². The summed E-state index contributed by atoms with van der Waals surface area (Å²) in [6.07, 6.45) is 0. The van der Waals surface area contributed by atoms with Crippen molar-refractivity contribution >= 4 is 17.3 Å². The first-order valence-corrected chi connectivity index (χ1v) is 6.44. The minimum atomic E-state index is -0.496.